The molecule has 0 spiro atoms. The first-order chi connectivity index (χ1) is 18.0. The number of carbonyl (C=O) groups excluding carboxylic acids is 1. The SMILES string of the molecule is CN(C)CCCN1CCN(c2ccc(N=C(c3cccnc3)C3C(=O)Nc4cc(N)ccc43)cc2)CC1. The second-order valence-corrected chi connectivity index (χ2v) is 10.0. The van der Waals surface area contributed by atoms with E-state index in [1.54, 1.807) is 18.5 Å². The zero-order valence-corrected chi connectivity index (χ0v) is 21.6. The summed E-state index contributed by atoms with van der Waals surface area (Å²) in [7, 11) is 4.26. The third-order valence-corrected chi connectivity index (χ3v) is 7.06. The molecule has 37 heavy (non-hydrogen) atoms. The van der Waals surface area contributed by atoms with Gasteiger partial charge in [-0.25, -0.2) is 0 Å². The number of benzene rings is 2. The number of nitrogens with zero attached hydrogens (tertiary/aromatic N) is 5. The van der Waals surface area contributed by atoms with Crippen LogP contribution < -0.4 is 16.0 Å². The number of hydrogen-bond donors (Lipinski definition) is 2. The summed E-state index contributed by atoms with van der Waals surface area (Å²) >= 11 is 0. The van der Waals surface area contributed by atoms with Crippen LogP contribution in [0, 0.1) is 0 Å². The zero-order chi connectivity index (χ0) is 25.8. The number of piperazine rings is 1. The van der Waals surface area contributed by atoms with Gasteiger partial charge in [0.05, 0.1) is 11.4 Å². The number of fused-ring (bicyclic) bond motifs is 1. The van der Waals surface area contributed by atoms with Crippen LogP contribution in [0.4, 0.5) is 22.7 Å². The van der Waals surface area contributed by atoms with E-state index < -0.39 is 5.92 Å². The minimum atomic E-state index is -0.528. The summed E-state index contributed by atoms with van der Waals surface area (Å²) in [5.41, 5.74) is 11.7. The Kier molecular flexibility index (Phi) is 7.48. The first kappa shape index (κ1) is 24.9. The molecule has 0 radical (unpaired) electrons. The number of nitrogens with one attached hydrogen (secondary N) is 1. The van der Waals surface area contributed by atoms with Crippen LogP contribution in [0.5, 0.6) is 0 Å². The van der Waals surface area contributed by atoms with E-state index in [0.717, 1.165) is 61.8 Å². The van der Waals surface area contributed by atoms with Gasteiger partial charge in [0.25, 0.3) is 0 Å². The van der Waals surface area contributed by atoms with Crippen LogP contribution in [0.25, 0.3) is 0 Å². The number of aliphatic imine (C=N–C) groups is 1. The second kappa shape index (κ2) is 11.1. The fourth-order valence-electron chi connectivity index (χ4n) is 5.08. The summed E-state index contributed by atoms with van der Waals surface area (Å²) < 4.78 is 0. The summed E-state index contributed by atoms with van der Waals surface area (Å²) in [5, 5.41) is 2.96. The normalized spacial score (nSPS) is 18.2. The third kappa shape index (κ3) is 5.81. The van der Waals surface area contributed by atoms with Crippen molar-refractivity contribution in [2.45, 2.75) is 12.3 Å². The average Bonchev–Trinajstić information content (AvgIpc) is 3.23. The molecule has 3 heterocycles. The molecule has 3 N–H and O–H groups in total. The highest BCUT2D eigenvalue weighted by molar-refractivity contribution is 6.24. The topological polar surface area (TPSA) is 90.1 Å². The van der Waals surface area contributed by atoms with Crippen molar-refractivity contribution in [2.24, 2.45) is 4.99 Å². The average molecular weight is 498 g/mol. The molecule has 2 aliphatic heterocycles. The monoisotopic (exact) mass is 497 g/mol. The highest BCUT2D eigenvalue weighted by atomic mass is 16.2. The highest BCUT2D eigenvalue weighted by Crippen LogP contribution is 2.37. The van der Waals surface area contributed by atoms with Crippen molar-refractivity contribution in [3.05, 3.63) is 78.1 Å². The van der Waals surface area contributed by atoms with E-state index in [9.17, 15) is 4.79 Å². The van der Waals surface area contributed by atoms with Crippen molar-refractivity contribution < 1.29 is 4.79 Å². The Labute approximate surface area is 218 Å². The summed E-state index contributed by atoms with van der Waals surface area (Å²) in [4.78, 5) is 29.6. The highest BCUT2D eigenvalue weighted by Gasteiger charge is 2.35. The first-order valence-corrected chi connectivity index (χ1v) is 12.9. The second-order valence-electron chi connectivity index (χ2n) is 10.0. The zero-order valence-electron chi connectivity index (χ0n) is 21.6. The Morgan fingerprint density at radius 1 is 1.11 bits per heavy atom. The molecule has 8 nitrogen and oxygen atoms in total. The molecule has 1 fully saturated rings. The lowest BCUT2D eigenvalue weighted by molar-refractivity contribution is -0.115. The molecular formula is C29H35N7O. The first-order valence-electron chi connectivity index (χ1n) is 12.9. The number of rotatable bonds is 8. The number of amides is 1. The lowest BCUT2D eigenvalue weighted by atomic mass is 9.91. The van der Waals surface area contributed by atoms with E-state index in [1.165, 1.54) is 12.1 Å². The molecule has 1 amide bonds. The van der Waals surface area contributed by atoms with Gasteiger partial charge in [0.1, 0.15) is 5.92 Å². The molecule has 1 unspecified atom stereocenters. The largest absolute Gasteiger partial charge is 0.399 e. The molecule has 192 valence electrons. The van der Waals surface area contributed by atoms with Gasteiger partial charge in [-0.3, -0.25) is 19.7 Å². The van der Waals surface area contributed by atoms with Gasteiger partial charge in [0.2, 0.25) is 5.91 Å². The summed E-state index contributed by atoms with van der Waals surface area (Å²) in [6, 6.07) is 17.7. The van der Waals surface area contributed by atoms with Crippen molar-refractivity contribution in [1.29, 1.82) is 0 Å². The Bertz CT molecular complexity index is 1250. The van der Waals surface area contributed by atoms with Crippen LogP contribution in [0.15, 0.2) is 72.0 Å². The summed E-state index contributed by atoms with van der Waals surface area (Å²) in [6.07, 6.45) is 4.69. The number of carbonyl (C=O) groups is 1. The fourth-order valence-corrected chi connectivity index (χ4v) is 5.08. The smallest absolute Gasteiger partial charge is 0.238 e. The Balaban J connectivity index is 1.34. The van der Waals surface area contributed by atoms with Gasteiger partial charge in [-0.05, 0) is 81.6 Å². The van der Waals surface area contributed by atoms with Crippen molar-refractivity contribution in [3.63, 3.8) is 0 Å². The maximum absolute atomic E-state index is 13.1. The lowest BCUT2D eigenvalue weighted by Crippen LogP contribution is -2.46. The predicted molar refractivity (Wildman–Crippen MR) is 151 cm³/mol. The maximum atomic E-state index is 13.1. The number of hydrogen-bond acceptors (Lipinski definition) is 7. The van der Waals surface area contributed by atoms with E-state index in [2.05, 4.69) is 51.2 Å². The molecule has 0 aliphatic carbocycles. The van der Waals surface area contributed by atoms with Gasteiger partial charge in [-0.15, -0.1) is 0 Å². The van der Waals surface area contributed by atoms with E-state index >= 15 is 0 Å². The maximum Gasteiger partial charge on any atom is 0.238 e. The molecule has 3 aromatic rings. The fraction of sp³-hybridized carbons (Fsp3) is 0.345. The number of nitrogens with two attached hydrogens (primary N) is 1. The lowest BCUT2D eigenvalue weighted by Gasteiger charge is -2.36. The van der Waals surface area contributed by atoms with Crippen molar-refractivity contribution in [2.75, 3.05) is 69.3 Å². The molecule has 2 aliphatic rings. The predicted octanol–water partition coefficient (Wildman–Crippen LogP) is 3.59. The summed E-state index contributed by atoms with van der Waals surface area (Å²) in [5.74, 6) is -0.636. The number of nitrogen functional groups attached to an aromatic ring is 1. The van der Waals surface area contributed by atoms with Crippen LogP contribution in [-0.4, -0.2) is 79.8 Å². The minimum absolute atomic E-state index is 0.108. The molecular weight excluding hydrogens is 462 g/mol. The number of anilines is 3. The van der Waals surface area contributed by atoms with E-state index in [4.69, 9.17) is 10.7 Å². The minimum Gasteiger partial charge on any atom is -0.399 e. The summed E-state index contributed by atoms with van der Waals surface area (Å²) in [6.45, 7) is 6.49. The van der Waals surface area contributed by atoms with Gasteiger partial charge >= 0.3 is 0 Å². The van der Waals surface area contributed by atoms with Gasteiger partial charge in [0.15, 0.2) is 0 Å². The van der Waals surface area contributed by atoms with Crippen LogP contribution in [0.3, 0.4) is 0 Å². The van der Waals surface area contributed by atoms with Gasteiger partial charge < -0.3 is 20.9 Å². The van der Waals surface area contributed by atoms with E-state index in [0.29, 0.717) is 11.4 Å². The van der Waals surface area contributed by atoms with Crippen molar-refractivity contribution in [1.82, 2.24) is 14.8 Å². The number of pyridine rings is 1. The van der Waals surface area contributed by atoms with Crippen LogP contribution in [0.2, 0.25) is 0 Å². The van der Waals surface area contributed by atoms with Crippen LogP contribution in [-0.2, 0) is 4.79 Å². The molecule has 1 aromatic heterocycles. The third-order valence-electron chi connectivity index (χ3n) is 7.06. The van der Waals surface area contributed by atoms with Crippen molar-refractivity contribution >= 4 is 34.4 Å². The Hall–Kier alpha value is -3.75. The van der Waals surface area contributed by atoms with E-state index in [-0.39, 0.29) is 5.91 Å². The quantitative estimate of drug-likeness (QED) is 0.365. The van der Waals surface area contributed by atoms with Crippen LogP contribution in [0.1, 0.15) is 23.5 Å². The molecule has 5 rings (SSSR count). The van der Waals surface area contributed by atoms with Gasteiger partial charge in [-0.2, -0.15) is 0 Å². The van der Waals surface area contributed by atoms with E-state index in [1.807, 2.05) is 36.4 Å². The van der Waals surface area contributed by atoms with Gasteiger partial charge in [0, 0.05) is 61.2 Å². The molecule has 8 heteroatoms. The van der Waals surface area contributed by atoms with Crippen molar-refractivity contribution in [3.8, 4) is 0 Å². The van der Waals surface area contributed by atoms with Gasteiger partial charge in [-0.1, -0.05) is 12.1 Å². The molecule has 0 bridgehead atoms. The molecule has 1 saturated heterocycles. The molecule has 0 saturated carbocycles. The Morgan fingerprint density at radius 2 is 1.89 bits per heavy atom. The molecule has 2 aromatic carbocycles. The molecule has 1 atom stereocenters. The standard InChI is InChI=1S/C29H35N7O/c1-34(2)13-4-14-35-15-17-36(18-16-35)24-9-7-23(8-10-24)32-28(21-5-3-12-31-20-21)27-25-11-6-22(30)19-26(25)33-29(27)37/h3,5-12,19-20,27H,4,13-18,30H2,1-2H3,(H,33,37). The number of aromatic nitrogens is 1. The van der Waals surface area contributed by atoms with Crippen LogP contribution >= 0.6 is 0 Å². The Morgan fingerprint density at radius 3 is 2.59 bits per heavy atom.